The Morgan fingerprint density at radius 1 is 1.25 bits per heavy atom. The van der Waals surface area contributed by atoms with Crippen LogP contribution in [-0.4, -0.2) is 43.1 Å². The zero-order valence-corrected chi connectivity index (χ0v) is 14.8. The van der Waals surface area contributed by atoms with Crippen LogP contribution in [0.15, 0.2) is 27.6 Å². The number of hydrogen-bond acceptors (Lipinski definition) is 6. The molecule has 2 aromatic rings. The Morgan fingerprint density at radius 2 is 1.96 bits per heavy atom. The molecule has 0 atom stereocenters. The number of benzene rings is 1. The van der Waals surface area contributed by atoms with E-state index < -0.39 is 10.0 Å². The molecule has 1 aromatic carbocycles. The van der Waals surface area contributed by atoms with Gasteiger partial charge in [0.05, 0.1) is 17.6 Å². The van der Waals surface area contributed by atoms with Gasteiger partial charge in [-0.15, -0.1) is 0 Å². The van der Waals surface area contributed by atoms with Crippen molar-refractivity contribution in [3.63, 3.8) is 0 Å². The topological polar surface area (TPSA) is 85.5 Å². The maximum atomic E-state index is 12.7. The number of rotatable bonds is 5. The van der Waals surface area contributed by atoms with Crippen molar-refractivity contribution in [3.8, 4) is 17.2 Å². The average molecular weight is 351 g/mol. The van der Waals surface area contributed by atoms with Crippen molar-refractivity contribution >= 4 is 10.0 Å². The van der Waals surface area contributed by atoms with E-state index in [1.165, 1.54) is 11.4 Å². The molecule has 0 radical (unpaired) electrons. The van der Waals surface area contributed by atoms with E-state index >= 15 is 0 Å². The highest BCUT2D eigenvalue weighted by atomic mass is 32.2. The highest BCUT2D eigenvalue weighted by Crippen LogP contribution is 2.33. The summed E-state index contributed by atoms with van der Waals surface area (Å²) in [4.78, 5) is 4.56. The van der Waals surface area contributed by atoms with E-state index in [1.54, 1.807) is 18.2 Å². The number of nitrogens with zero attached hydrogens (tertiary/aromatic N) is 3. The zero-order valence-electron chi connectivity index (χ0n) is 14.0. The Balaban J connectivity index is 2.05. The fourth-order valence-corrected chi connectivity index (χ4v) is 4.21. The standard InChI is InChI=1S/C16H21N3O4S/c1-11(2)15-17-16(23-18-15)13-10-12(6-7-14(13)22-3)24(20,21)19-8-4-5-9-19/h6-7,10-11H,4-5,8-9H2,1-3H3. The molecular weight excluding hydrogens is 330 g/mol. The van der Waals surface area contributed by atoms with Gasteiger partial charge in [0.2, 0.25) is 10.0 Å². The predicted molar refractivity (Wildman–Crippen MR) is 88.4 cm³/mol. The van der Waals surface area contributed by atoms with E-state index in [0.29, 0.717) is 30.2 Å². The summed E-state index contributed by atoms with van der Waals surface area (Å²) in [7, 11) is -1.99. The van der Waals surface area contributed by atoms with Crippen LogP contribution in [0, 0.1) is 0 Å². The molecular formula is C16H21N3O4S. The van der Waals surface area contributed by atoms with E-state index in [1.807, 2.05) is 13.8 Å². The molecule has 1 fully saturated rings. The molecule has 0 saturated carbocycles. The van der Waals surface area contributed by atoms with Crippen LogP contribution < -0.4 is 4.74 Å². The summed E-state index contributed by atoms with van der Waals surface area (Å²) in [6.07, 6.45) is 1.79. The molecule has 1 aromatic heterocycles. The first kappa shape index (κ1) is 16.9. The molecule has 0 unspecified atom stereocenters. The molecule has 7 nitrogen and oxygen atoms in total. The first-order valence-corrected chi connectivity index (χ1v) is 9.39. The van der Waals surface area contributed by atoms with Crippen LogP contribution in [0.1, 0.15) is 38.4 Å². The number of hydrogen-bond donors (Lipinski definition) is 0. The third-order valence-corrected chi connectivity index (χ3v) is 5.96. The number of sulfonamides is 1. The summed E-state index contributed by atoms with van der Waals surface area (Å²) in [5.74, 6) is 1.44. The van der Waals surface area contributed by atoms with Crippen LogP contribution in [0.2, 0.25) is 0 Å². The summed E-state index contributed by atoms with van der Waals surface area (Å²) in [5, 5.41) is 3.94. The molecule has 1 saturated heterocycles. The molecule has 0 bridgehead atoms. The monoisotopic (exact) mass is 351 g/mol. The normalized spacial score (nSPS) is 16.0. The van der Waals surface area contributed by atoms with Crippen molar-refractivity contribution in [2.75, 3.05) is 20.2 Å². The third kappa shape index (κ3) is 3.03. The van der Waals surface area contributed by atoms with E-state index in [2.05, 4.69) is 10.1 Å². The lowest BCUT2D eigenvalue weighted by molar-refractivity contribution is 0.401. The minimum Gasteiger partial charge on any atom is -0.496 e. The van der Waals surface area contributed by atoms with Gasteiger partial charge in [-0.05, 0) is 31.0 Å². The van der Waals surface area contributed by atoms with Gasteiger partial charge in [0.1, 0.15) is 5.75 Å². The first-order chi connectivity index (χ1) is 11.4. The SMILES string of the molecule is COc1ccc(S(=O)(=O)N2CCCC2)cc1-c1nc(C(C)C)no1. The van der Waals surface area contributed by atoms with Crippen molar-refractivity contribution in [1.29, 1.82) is 0 Å². The Hall–Kier alpha value is -1.93. The van der Waals surface area contributed by atoms with Gasteiger partial charge in [-0.25, -0.2) is 8.42 Å². The minimum absolute atomic E-state index is 0.116. The molecule has 1 aliphatic rings. The molecule has 2 heterocycles. The summed E-state index contributed by atoms with van der Waals surface area (Å²) in [6, 6.07) is 4.72. The van der Waals surface area contributed by atoms with Gasteiger partial charge in [0, 0.05) is 19.0 Å². The van der Waals surface area contributed by atoms with Crippen LogP contribution in [0.5, 0.6) is 5.75 Å². The van der Waals surface area contributed by atoms with E-state index in [9.17, 15) is 8.42 Å². The highest BCUT2D eigenvalue weighted by molar-refractivity contribution is 7.89. The lowest BCUT2D eigenvalue weighted by Gasteiger charge is -2.16. The smallest absolute Gasteiger partial charge is 0.261 e. The molecule has 0 N–H and O–H groups in total. The van der Waals surface area contributed by atoms with Crippen LogP contribution in [0.4, 0.5) is 0 Å². The molecule has 130 valence electrons. The zero-order chi connectivity index (χ0) is 17.3. The van der Waals surface area contributed by atoms with Gasteiger partial charge in [0.25, 0.3) is 5.89 Å². The van der Waals surface area contributed by atoms with E-state index in [4.69, 9.17) is 9.26 Å². The second kappa shape index (κ2) is 6.52. The van der Waals surface area contributed by atoms with Gasteiger partial charge in [-0.1, -0.05) is 19.0 Å². The summed E-state index contributed by atoms with van der Waals surface area (Å²) in [5.41, 5.74) is 0.483. The number of aromatic nitrogens is 2. The Kier molecular flexibility index (Phi) is 4.60. The van der Waals surface area contributed by atoms with Gasteiger partial charge >= 0.3 is 0 Å². The lowest BCUT2D eigenvalue weighted by Crippen LogP contribution is -2.27. The van der Waals surface area contributed by atoms with Crippen molar-refractivity contribution in [2.45, 2.75) is 37.5 Å². The maximum Gasteiger partial charge on any atom is 0.261 e. The maximum absolute atomic E-state index is 12.7. The fourth-order valence-electron chi connectivity index (χ4n) is 2.67. The molecule has 3 rings (SSSR count). The molecule has 0 spiro atoms. The predicted octanol–water partition coefficient (Wildman–Crippen LogP) is 2.65. The summed E-state index contributed by atoms with van der Waals surface area (Å²) < 4.78 is 37.6. The molecule has 0 aliphatic carbocycles. The van der Waals surface area contributed by atoms with Crippen LogP contribution in [0.25, 0.3) is 11.5 Å². The molecule has 1 aliphatic heterocycles. The van der Waals surface area contributed by atoms with Crippen LogP contribution >= 0.6 is 0 Å². The summed E-state index contributed by atoms with van der Waals surface area (Å²) >= 11 is 0. The van der Waals surface area contributed by atoms with Crippen LogP contribution in [0.3, 0.4) is 0 Å². The number of methoxy groups -OCH3 is 1. The van der Waals surface area contributed by atoms with Gasteiger partial charge in [-0.2, -0.15) is 9.29 Å². The largest absolute Gasteiger partial charge is 0.496 e. The fraction of sp³-hybridized carbons (Fsp3) is 0.500. The Labute approximate surface area is 141 Å². The Bertz CT molecular complexity index is 824. The first-order valence-electron chi connectivity index (χ1n) is 7.95. The van der Waals surface area contributed by atoms with Gasteiger partial charge < -0.3 is 9.26 Å². The molecule has 0 amide bonds. The minimum atomic E-state index is -3.52. The van der Waals surface area contributed by atoms with Crippen molar-refractivity contribution < 1.29 is 17.7 Å². The van der Waals surface area contributed by atoms with Crippen molar-refractivity contribution in [1.82, 2.24) is 14.4 Å². The van der Waals surface area contributed by atoms with Gasteiger partial charge in [-0.3, -0.25) is 0 Å². The van der Waals surface area contributed by atoms with E-state index in [-0.39, 0.29) is 16.7 Å². The van der Waals surface area contributed by atoms with Crippen molar-refractivity contribution in [3.05, 3.63) is 24.0 Å². The molecule has 8 heteroatoms. The summed E-state index contributed by atoms with van der Waals surface area (Å²) in [6.45, 7) is 5.03. The third-order valence-electron chi connectivity index (χ3n) is 4.06. The highest BCUT2D eigenvalue weighted by Gasteiger charge is 2.28. The van der Waals surface area contributed by atoms with Gasteiger partial charge in [0.15, 0.2) is 5.82 Å². The van der Waals surface area contributed by atoms with Crippen molar-refractivity contribution in [2.24, 2.45) is 0 Å². The average Bonchev–Trinajstić information content (AvgIpc) is 3.25. The second-order valence-corrected chi connectivity index (χ2v) is 8.02. The lowest BCUT2D eigenvalue weighted by atomic mass is 10.2. The second-order valence-electron chi connectivity index (χ2n) is 6.09. The quantitative estimate of drug-likeness (QED) is 0.823. The molecule has 24 heavy (non-hydrogen) atoms. The van der Waals surface area contributed by atoms with E-state index in [0.717, 1.165) is 12.8 Å². The number of ether oxygens (including phenoxy) is 1. The Morgan fingerprint density at radius 3 is 2.54 bits per heavy atom. The van der Waals surface area contributed by atoms with Crippen LogP contribution in [-0.2, 0) is 10.0 Å².